The number of hydrogen-bond donors (Lipinski definition) is 1. The Bertz CT molecular complexity index is 1180. The van der Waals surface area contributed by atoms with Gasteiger partial charge in [-0.3, -0.25) is 9.59 Å². The quantitative estimate of drug-likeness (QED) is 0.542. The van der Waals surface area contributed by atoms with Crippen LogP contribution in [0.1, 0.15) is 22.5 Å². The Hall–Kier alpha value is -3.12. The van der Waals surface area contributed by atoms with Crippen molar-refractivity contribution < 1.29 is 14.0 Å². The molecule has 1 N–H and O–H groups in total. The second-order valence-corrected chi connectivity index (χ2v) is 7.88. The average Bonchev–Trinajstić information content (AvgIpc) is 3.45. The Morgan fingerprint density at radius 3 is 2.75 bits per heavy atom. The molecule has 2 aromatic carbocycles. The summed E-state index contributed by atoms with van der Waals surface area (Å²) in [6, 6.07) is 16.8. The van der Waals surface area contributed by atoms with Crippen LogP contribution in [0.25, 0.3) is 21.9 Å². The number of amides is 2. The van der Waals surface area contributed by atoms with E-state index in [2.05, 4.69) is 5.32 Å². The Balaban J connectivity index is 1.38. The summed E-state index contributed by atoms with van der Waals surface area (Å²) in [5.74, 6) is -0.224. The van der Waals surface area contributed by atoms with Crippen molar-refractivity contribution in [3.05, 3.63) is 64.9 Å². The summed E-state index contributed by atoms with van der Waals surface area (Å²) in [6.45, 7) is 0.609. The predicted octanol–water partition coefficient (Wildman–Crippen LogP) is 4.89. The van der Waals surface area contributed by atoms with Crippen LogP contribution in [-0.2, 0) is 4.79 Å². The normalized spacial score (nSPS) is 16.7. The van der Waals surface area contributed by atoms with E-state index >= 15 is 0 Å². The van der Waals surface area contributed by atoms with Gasteiger partial charge in [0.15, 0.2) is 0 Å². The molecule has 0 bridgehead atoms. The highest BCUT2D eigenvalue weighted by Gasteiger charge is 2.34. The molecule has 3 heterocycles. The molecule has 0 spiro atoms. The van der Waals surface area contributed by atoms with Gasteiger partial charge in [-0.05, 0) is 42.5 Å². The maximum absolute atomic E-state index is 12.9. The lowest BCUT2D eigenvalue weighted by Crippen LogP contribution is -2.42. The molecule has 2 amide bonds. The molecule has 5 nitrogen and oxygen atoms in total. The third-order valence-electron chi connectivity index (χ3n) is 5.19. The first kappa shape index (κ1) is 17.0. The fourth-order valence-electron chi connectivity index (χ4n) is 3.85. The van der Waals surface area contributed by atoms with Crippen LogP contribution in [0.2, 0.25) is 0 Å². The van der Waals surface area contributed by atoms with E-state index in [0.717, 1.165) is 28.4 Å². The molecule has 1 atom stereocenters. The van der Waals surface area contributed by atoms with Crippen molar-refractivity contribution in [1.29, 1.82) is 0 Å². The highest BCUT2D eigenvalue weighted by molar-refractivity contribution is 7.12. The van der Waals surface area contributed by atoms with Crippen molar-refractivity contribution in [2.75, 3.05) is 11.9 Å². The van der Waals surface area contributed by atoms with Crippen LogP contribution in [-0.4, -0.2) is 29.3 Å². The predicted molar refractivity (Wildman–Crippen MR) is 111 cm³/mol. The van der Waals surface area contributed by atoms with Crippen LogP contribution < -0.4 is 5.32 Å². The molecular formula is C22H18N2O3S. The lowest BCUT2D eigenvalue weighted by molar-refractivity contribution is -0.119. The fraction of sp³-hybridized carbons (Fsp3) is 0.182. The van der Waals surface area contributed by atoms with Crippen LogP contribution in [0.15, 0.2) is 64.4 Å². The summed E-state index contributed by atoms with van der Waals surface area (Å²) in [5.41, 5.74) is 2.23. The smallest absolute Gasteiger partial charge is 0.264 e. The molecule has 1 fully saturated rings. The Labute approximate surface area is 165 Å². The Morgan fingerprint density at radius 2 is 1.89 bits per heavy atom. The van der Waals surface area contributed by atoms with Gasteiger partial charge in [-0.2, -0.15) is 0 Å². The van der Waals surface area contributed by atoms with Crippen LogP contribution in [0, 0.1) is 0 Å². The van der Waals surface area contributed by atoms with Crippen molar-refractivity contribution in [2.24, 2.45) is 0 Å². The number of furan rings is 1. The maximum Gasteiger partial charge on any atom is 0.264 e. The van der Waals surface area contributed by atoms with Gasteiger partial charge in [0.2, 0.25) is 5.91 Å². The molecule has 4 aromatic rings. The summed E-state index contributed by atoms with van der Waals surface area (Å²) < 4.78 is 5.89. The molecule has 1 aliphatic heterocycles. The van der Waals surface area contributed by atoms with E-state index in [1.807, 2.05) is 53.9 Å². The van der Waals surface area contributed by atoms with E-state index < -0.39 is 6.04 Å². The van der Waals surface area contributed by atoms with E-state index in [0.29, 0.717) is 23.5 Å². The van der Waals surface area contributed by atoms with Gasteiger partial charge in [-0.1, -0.05) is 24.3 Å². The number of carbonyl (C=O) groups is 2. The first-order valence-electron chi connectivity index (χ1n) is 9.27. The van der Waals surface area contributed by atoms with Gasteiger partial charge in [0, 0.05) is 29.1 Å². The summed E-state index contributed by atoms with van der Waals surface area (Å²) in [6.07, 6.45) is 1.51. The number of fused-ring (bicyclic) bond motifs is 3. The minimum absolute atomic E-state index is 0.0691. The number of benzene rings is 2. The third-order valence-corrected chi connectivity index (χ3v) is 6.05. The van der Waals surface area contributed by atoms with Crippen molar-refractivity contribution >= 4 is 50.8 Å². The standard InChI is InChI=1S/C22H18N2O3S/c25-21(17-6-3-11-24(17)22(26)20-8-4-12-28-20)23-14-9-10-16-15-5-1-2-7-18(15)27-19(16)13-14/h1-2,4-5,7-10,12-13,17H,3,6,11H2,(H,23,25)/t17-/m1/s1. The van der Waals surface area contributed by atoms with E-state index in [4.69, 9.17) is 4.42 Å². The van der Waals surface area contributed by atoms with E-state index in [1.165, 1.54) is 11.3 Å². The zero-order chi connectivity index (χ0) is 19.1. The van der Waals surface area contributed by atoms with Crippen molar-refractivity contribution in [1.82, 2.24) is 4.90 Å². The minimum atomic E-state index is -0.444. The van der Waals surface area contributed by atoms with Crippen LogP contribution in [0.4, 0.5) is 5.69 Å². The number of carbonyl (C=O) groups excluding carboxylic acids is 2. The van der Waals surface area contributed by atoms with Gasteiger partial charge in [-0.25, -0.2) is 0 Å². The van der Waals surface area contributed by atoms with Crippen LogP contribution in [0.5, 0.6) is 0 Å². The van der Waals surface area contributed by atoms with Crippen LogP contribution in [0.3, 0.4) is 0 Å². The average molecular weight is 390 g/mol. The number of likely N-dealkylation sites (tertiary alicyclic amines) is 1. The van der Waals surface area contributed by atoms with Crippen molar-refractivity contribution in [2.45, 2.75) is 18.9 Å². The molecule has 1 saturated heterocycles. The third kappa shape index (κ3) is 2.86. The van der Waals surface area contributed by atoms with E-state index in [1.54, 1.807) is 11.0 Å². The molecule has 0 saturated carbocycles. The Kier molecular flexibility index (Phi) is 4.13. The molecule has 6 heteroatoms. The molecule has 0 aliphatic carbocycles. The van der Waals surface area contributed by atoms with Crippen LogP contribution >= 0.6 is 11.3 Å². The van der Waals surface area contributed by atoms with Crippen molar-refractivity contribution in [3.63, 3.8) is 0 Å². The molecular weight excluding hydrogens is 372 g/mol. The van der Waals surface area contributed by atoms with E-state index in [9.17, 15) is 9.59 Å². The number of nitrogens with one attached hydrogen (secondary N) is 1. The molecule has 5 rings (SSSR count). The number of anilines is 1. The summed E-state index contributed by atoms with van der Waals surface area (Å²) in [4.78, 5) is 27.9. The first-order chi connectivity index (χ1) is 13.7. The number of rotatable bonds is 3. The summed E-state index contributed by atoms with van der Waals surface area (Å²) >= 11 is 1.40. The molecule has 0 radical (unpaired) electrons. The van der Waals surface area contributed by atoms with Gasteiger partial charge in [0.25, 0.3) is 5.91 Å². The number of thiophene rings is 1. The number of nitrogens with zero attached hydrogens (tertiary/aromatic N) is 1. The second kappa shape index (κ2) is 6.80. The number of para-hydroxylation sites is 1. The lowest BCUT2D eigenvalue weighted by atomic mass is 10.1. The first-order valence-corrected chi connectivity index (χ1v) is 10.2. The molecule has 1 aliphatic rings. The van der Waals surface area contributed by atoms with Gasteiger partial charge in [-0.15, -0.1) is 11.3 Å². The molecule has 0 unspecified atom stereocenters. The molecule has 2 aromatic heterocycles. The fourth-order valence-corrected chi connectivity index (χ4v) is 4.53. The Morgan fingerprint density at radius 1 is 1.04 bits per heavy atom. The SMILES string of the molecule is O=C(Nc1ccc2c(c1)oc1ccccc12)[C@H]1CCCN1C(=O)c1cccs1. The lowest BCUT2D eigenvalue weighted by Gasteiger charge is -2.23. The highest BCUT2D eigenvalue weighted by atomic mass is 32.1. The van der Waals surface area contributed by atoms with Gasteiger partial charge in [0.05, 0.1) is 4.88 Å². The topological polar surface area (TPSA) is 62.6 Å². The molecule has 140 valence electrons. The van der Waals surface area contributed by atoms with Crippen molar-refractivity contribution in [3.8, 4) is 0 Å². The number of hydrogen-bond acceptors (Lipinski definition) is 4. The summed E-state index contributed by atoms with van der Waals surface area (Å²) in [7, 11) is 0. The summed E-state index contributed by atoms with van der Waals surface area (Å²) in [5, 5.41) is 6.91. The highest BCUT2D eigenvalue weighted by Crippen LogP contribution is 2.31. The zero-order valence-electron chi connectivity index (χ0n) is 15.1. The van der Waals surface area contributed by atoms with E-state index in [-0.39, 0.29) is 11.8 Å². The van der Waals surface area contributed by atoms with Gasteiger partial charge < -0.3 is 14.6 Å². The zero-order valence-corrected chi connectivity index (χ0v) is 15.9. The van der Waals surface area contributed by atoms with Gasteiger partial charge >= 0.3 is 0 Å². The van der Waals surface area contributed by atoms with Gasteiger partial charge in [0.1, 0.15) is 17.2 Å². The largest absolute Gasteiger partial charge is 0.456 e. The second-order valence-electron chi connectivity index (χ2n) is 6.93. The maximum atomic E-state index is 12.9. The molecule has 28 heavy (non-hydrogen) atoms. The monoisotopic (exact) mass is 390 g/mol. The minimum Gasteiger partial charge on any atom is -0.456 e.